The summed E-state index contributed by atoms with van der Waals surface area (Å²) < 4.78 is 15.5. The summed E-state index contributed by atoms with van der Waals surface area (Å²) in [5.74, 6) is -0.557. The molecule has 5 aromatic rings. The molecule has 0 radical (unpaired) electrons. The molecule has 0 bridgehead atoms. The molecule has 0 aliphatic carbocycles. The van der Waals surface area contributed by atoms with E-state index in [-0.39, 0.29) is 24.2 Å². The van der Waals surface area contributed by atoms with Crippen molar-refractivity contribution in [2.24, 2.45) is 7.05 Å². The topological polar surface area (TPSA) is 98.6 Å². The molecule has 1 fully saturated rings. The molecule has 1 aliphatic heterocycles. The summed E-state index contributed by atoms with van der Waals surface area (Å²) in [4.78, 5) is 42.5. The molecular weight excluding hydrogens is 619 g/mol. The minimum Gasteiger partial charge on any atom is -0.367 e. The van der Waals surface area contributed by atoms with Gasteiger partial charge in [0.15, 0.2) is 0 Å². The van der Waals surface area contributed by atoms with Gasteiger partial charge < -0.3 is 29.9 Å². The second-order valence-corrected chi connectivity index (χ2v) is 12.7. The highest BCUT2D eigenvalue weighted by atomic mass is 19.1. The molecule has 3 heterocycles. The first-order valence-electron chi connectivity index (χ1n) is 16.2. The molecule has 11 heteroatoms. The van der Waals surface area contributed by atoms with Crippen LogP contribution < -0.4 is 15.5 Å². The number of para-hydroxylation sites is 1. The van der Waals surface area contributed by atoms with E-state index >= 15 is 0 Å². The van der Waals surface area contributed by atoms with Gasteiger partial charge in [0.05, 0.1) is 22.6 Å². The normalized spacial score (nSPS) is 13.4. The van der Waals surface area contributed by atoms with E-state index in [2.05, 4.69) is 45.1 Å². The van der Waals surface area contributed by atoms with Crippen molar-refractivity contribution < 1.29 is 14.0 Å². The summed E-state index contributed by atoms with van der Waals surface area (Å²) in [5, 5.41) is 7.36. The molecule has 252 valence electrons. The Morgan fingerprint density at radius 3 is 2.43 bits per heavy atom. The van der Waals surface area contributed by atoms with Crippen LogP contribution in [0.1, 0.15) is 28.4 Å². The molecule has 0 atom stereocenters. The predicted molar refractivity (Wildman–Crippen MR) is 194 cm³/mol. The minimum atomic E-state index is -0.331. The number of nitrogens with one attached hydrogen (secondary N) is 2. The van der Waals surface area contributed by atoms with E-state index in [0.29, 0.717) is 34.2 Å². The predicted octanol–water partition coefficient (Wildman–Crippen LogP) is 6.37. The average Bonchev–Trinajstić information content (AvgIpc) is 3.43. The van der Waals surface area contributed by atoms with E-state index in [4.69, 9.17) is 4.98 Å². The number of rotatable bonds is 9. The molecule has 2 aromatic heterocycles. The standard InChI is InChI=1S/C38H41FN8O2/c1-24(2)36(48)41-32-20-31(25(3)19-34(32)47-17-15-44(4)16-18-47)42-38-40-21-29(37(49)46(6)22-26-11-13-27(39)14-12-26)35(43-38)30-23-45(5)33-10-8-7-9-28(30)33/h7-14,19-21,23H,1,15-18,22H2,2-6H3,(H,41,48)(H,40,42,43). The van der Waals surface area contributed by atoms with Crippen molar-refractivity contribution in [2.45, 2.75) is 20.4 Å². The number of carbonyl (C=O) groups excluding carboxylic acids is 2. The summed E-state index contributed by atoms with van der Waals surface area (Å²) in [5.41, 5.74) is 7.07. The number of carbonyl (C=O) groups is 2. The van der Waals surface area contributed by atoms with E-state index < -0.39 is 0 Å². The fourth-order valence-electron chi connectivity index (χ4n) is 6.06. The number of piperazine rings is 1. The Morgan fingerprint density at radius 2 is 1.71 bits per heavy atom. The molecule has 2 N–H and O–H groups in total. The zero-order chi connectivity index (χ0) is 34.8. The monoisotopic (exact) mass is 660 g/mol. The molecule has 0 unspecified atom stereocenters. The molecular formula is C38H41FN8O2. The highest BCUT2D eigenvalue weighted by Gasteiger charge is 2.24. The first-order valence-corrected chi connectivity index (χ1v) is 16.2. The zero-order valence-electron chi connectivity index (χ0n) is 28.5. The Bertz CT molecular complexity index is 2050. The highest BCUT2D eigenvalue weighted by Crippen LogP contribution is 2.36. The zero-order valence-corrected chi connectivity index (χ0v) is 28.5. The maximum atomic E-state index is 14.0. The van der Waals surface area contributed by atoms with E-state index in [0.717, 1.165) is 59.5 Å². The van der Waals surface area contributed by atoms with Crippen LogP contribution >= 0.6 is 0 Å². The number of benzene rings is 3. The number of halogens is 1. The van der Waals surface area contributed by atoms with Gasteiger partial charge in [0, 0.05) is 86.9 Å². The van der Waals surface area contributed by atoms with Gasteiger partial charge in [-0.2, -0.15) is 0 Å². The van der Waals surface area contributed by atoms with Crippen LogP contribution in [-0.2, 0) is 18.4 Å². The van der Waals surface area contributed by atoms with Gasteiger partial charge >= 0.3 is 0 Å². The first kappa shape index (κ1) is 33.4. The van der Waals surface area contributed by atoms with Gasteiger partial charge in [-0.15, -0.1) is 0 Å². The maximum Gasteiger partial charge on any atom is 0.257 e. The van der Waals surface area contributed by atoms with Crippen LogP contribution in [0.2, 0.25) is 0 Å². The van der Waals surface area contributed by atoms with Crippen molar-refractivity contribution in [3.63, 3.8) is 0 Å². The number of hydrogen-bond donors (Lipinski definition) is 2. The quantitative estimate of drug-likeness (QED) is 0.178. The van der Waals surface area contributed by atoms with Crippen LogP contribution in [0.5, 0.6) is 0 Å². The number of aromatic nitrogens is 3. The van der Waals surface area contributed by atoms with E-state index in [9.17, 15) is 14.0 Å². The minimum absolute atomic E-state index is 0.257. The second kappa shape index (κ2) is 13.9. The lowest BCUT2D eigenvalue weighted by atomic mass is 10.0. The number of anilines is 4. The molecule has 0 saturated carbocycles. The Labute approximate surface area is 285 Å². The molecule has 10 nitrogen and oxygen atoms in total. The van der Waals surface area contributed by atoms with Crippen LogP contribution in [-0.4, -0.2) is 76.4 Å². The number of fused-ring (bicyclic) bond motifs is 1. The number of amides is 2. The number of likely N-dealkylation sites (N-methyl/N-ethyl adjacent to an activating group) is 1. The van der Waals surface area contributed by atoms with E-state index in [1.165, 1.54) is 12.1 Å². The Kier molecular flexibility index (Phi) is 9.46. The fraction of sp³-hybridized carbons (Fsp3) is 0.263. The lowest BCUT2D eigenvalue weighted by molar-refractivity contribution is -0.112. The van der Waals surface area contributed by atoms with E-state index in [1.807, 2.05) is 55.1 Å². The third-order valence-corrected chi connectivity index (χ3v) is 8.92. The Balaban J connectivity index is 1.39. The second-order valence-electron chi connectivity index (χ2n) is 12.7. The van der Waals surface area contributed by atoms with Crippen LogP contribution in [0.15, 0.2) is 85.2 Å². The lowest BCUT2D eigenvalue weighted by Crippen LogP contribution is -2.44. The first-order chi connectivity index (χ1) is 23.5. The van der Waals surface area contributed by atoms with E-state index in [1.54, 1.807) is 37.2 Å². The molecule has 49 heavy (non-hydrogen) atoms. The lowest BCUT2D eigenvalue weighted by Gasteiger charge is -2.35. The van der Waals surface area contributed by atoms with Crippen molar-refractivity contribution in [2.75, 3.05) is 55.8 Å². The fourth-order valence-corrected chi connectivity index (χ4v) is 6.06. The smallest absolute Gasteiger partial charge is 0.257 e. The van der Waals surface area contributed by atoms with Crippen LogP contribution in [0.3, 0.4) is 0 Å². The van der Waals surface area contributed by atoms with Crippen LogP contribution in [0.25, 0.3) is 22.2 Å². The van der Waals surface area contributed by atoms with Gasteiger partial charge in [-0.1, -0.05) is 36.9 Å². The third kappa shape index (κ3) is 7.17. The largest absolute Gasteiger partial charge is 0.367 e. The van der Waals surface area contributed by atoms with Gasteiger partial charge in [0.25, 0.3) is 11.8 Å². The highest BCUT2D eigenvalue weighted by molar-refractivity contribution is 6.06. The van der Waals surface area contributed by atoms with Gasteiger partial charge in [0.2, 0.25) is 5.95 Å². The van der Waals surface area contributed by atoms with Gasteiger partial charge in [-0.05, 0) is 62.4 Å². The summed E-state index contributed by atoms with van der Waals surface area (Å²) in [6.45, 7) is 11.3. The molecule has 1 saturated heterocycles. The number of aryl methyl sites for hydroxylation is 2. The van der Waals surface area contributed by atoms with Crippen molar-refractivity contribution in [3.8, 4) is 11.3 Å². The van der Waals surface area contributed by atoms with Gasteiger partial charge in [-0.3, -0.25) is 9.59 Å². The van der Waals surface area contributed by atoms with Crippen molar-refractivity contribution in [1.82, 2.24) is 24.3 Å². The molecule has 6 rings (SSSR count). The Hall–Kier alpha value is -5.55. The molecule has 0 spiro atoms. The molecule has 1 aliphatic rings. The summed E-state index contributed by atoms with van der Waals surface area (Å²) in [7, 11) is 5.77. The summed E-state index contributed by atoms with van der Waals surface area (Å²) in [6.07, 6.45) is 3.52. The van der Waals surface area contributed by atoms with Crippen molar-refractivity contribution in [3.05, 3.63) is 108 Å². The Morgan fingerprint density at radius 1 is 1.00 bits per heavy atom. The summed E-state index contributed by atoms with van der Waals surface area (Å²) >= 11 is 0. The summed E-state index contributed by atoms with van der Waals surface area (Å²) in [6, 6.07) is 18.0. The van der Waals surface area contributed by atoms with Crippen molar-refractivity contribution >= 4 is 45.7 Å². The third-order valence-electron chi connectivity index (χ3n) is 8.92. The number of nitrogens with zero attached hydrogens (tertiary/aromatic N) is 6. The average molecular weight is 661 g/mol. The van der Waals surface area contributed by atoms with Crippen molar-refractivity contribution in [1.29, 1.82) is 0 Å². The molecule has 2 amide bonds. The number of hydrogen-bond acceptors (Lipinski definition) is 7. The van der Waals surface area contributed by atoms with Crippen LogP contribution in [0.4, 0.5) is 27.4 Å². The SMILES string of the molecule is C=C(C)C(=O)Nc1cc(Nc2ncc(C(=O)N(C)Cc3ccc(F)cc3)c(-c3cn(C)c4ccccc34)n2)c(C)cc1N1CCN(C)CC1. The van der Waals surface area contributed by atoms with Crippen LogP contribution in [0, 0.1) is 12.7 Å². The van der Waals surface area contributed by atoms with Gasteiger partial charge in [-0.25, -0.2) is 14.4 Å². The molecule has 3 aromatic carbocycles. The maximum absolute atomic E-state index is 14.0. The van der Waals surface area contributed by atoms with Gasteiger partial charge in [0.1, 0.15) is 5.82 Å².